The van der Waals surface area contributed by atoms with Crippen LogP contribution in [0.1, 0.15) is 26.3 Å². The zero-order valence-corrected chi connectivity index (χ0v) is 15.0. The van der Waals surface area contributed by atoms with E-state index in [9.17, 15) is 14.0 Å². The SMILES string of the molecule is COC(=O)c1ccccc1NC(=O)c1cnc(NCc2ccc(F)cc2)nc1. The number of halogens is 1. The lowest BCUT2D eigenvalue weighted by Gasteiger charge is -2.10. The third-order valence-corrected chi connectivity index (χ3v) is 3.86. The molecule has 8 heteroatoms. The van der Waals surface area contributed by atoms with Crippen molar-refractivity contribution in [2.75, 3.05) is 17.7 Å². The zero-order chi connectivity index (χ0) is 19.9. The average Bonchev–Trinajstić information content (AvgIpc) is 2.73. The Labute approximate surface area is 160 Å². The van der Waals surface area contributed by atoms with Crippen LogP contribution in [-0.4, -0.2) is 29.0 Å². The van der Waals surface area contributed by atoms with E-state index in [-0.39, 0.29) is 16.9 Å². The predicted octanol–water partition coefficient (Wildman–Crippen LogP) is 3.27. The van der Waals surface area contributed by atoms with Crippen molar-refractivity contribution in [2.45, 2.75) is 6.54 Å². The van der Waals surface area contributed by atoms with E-state index in [1.165, 1.54) is 31.6 Å². The van der Waals surface area contributed by atoms with Gasteiger partial charge in [-0.3, -0.25) is 4.79 Å². The fourth-order valence-electron chi connectivity index (χ4n) is 2.39. The molecule has 0 saturated heterocycles. The Balaban J connectivity index is 1.64. The normalized spacial score (nSPS) is 10.2. The molecule has 0 spiro atoms. The van der Waals surface area contributed by atoms with E-state index < -0.39 is 11.9 Å². The molecular weight excluding hydrogens is 363 g/mol. The van der Waals surface area contributed by atoms with Gasteiger partial charge in [0, 0.05) is 18.9 Å². The van der Waals surface area contributed by atoms with Crippen LogP contribution in [0.3, 0.4) is 0 Å². The minimum Gasteiger partial charge on any atom is -0.465 e. The van der Waals surface area contributed by atoms with E-state index in [1.54, 1.807) is 36.4 Å². The van der Waals surface area contributed by atoms with Gasteiger partial charge in [-0.1, -0.05) is 24.3 Å². The summed E-state index contributed by atoms with van der Waals surface area (Å²) >= 11 is 0. The molecule has 3 aromatic rings. The summed E-state index contributed by atoms with van der Waals surface area (Å²) in [7, 11) is 1.27. The van der Waals surface area contributed by atoms with Gasteiger partial charge in [0.2, 0.25) is 5.95 Å². The van der Waals surface area contributed by atoms with E-state index in [2.05, 4.69) is 20.6 Å². The molecule has 0 aliphatic heterocycles. The second kappa shape index (κ2) is 8.72. The molecule has 28 heavy (non-hydrogen) atoms. The Morgan fingerprint density at radius 1 is 1.04 bits per heavy atom. The highest BCUT2D eigenvalue weighted by atomic mass is 19.1. The molecule has 0 unspecified atom stereocenters. The molecule has 0 bridgehead atoms. The number of ether oxygens (including phenoxy) is 1. The molecule has 0 radical (unpaired) electrons. The maximum absolute atomic E-state index is 12.9. The fourth-order valence-corrected chi connectivity index (χ4v) is 2.39. The van der Waals surface area contributed by atoms with Gasteiger partial charge >= 0.3 is 5.97 Å². The molecule has 1 heterocycles. The van der Waals surface area contributed by atoms with Crippen LogP contribution >= 0.6 is 0 Å². The lowest BCUT2D eigenvalue weighted by atomic mass is 10.1. The van der Waals surface area contributed by atoms with Crippen LogP contribution in [-0.2, 0) is 11.3 Å². The summed E-state index contributed by atoms with van der Waals surface area (Å²) in [5, 5.41) is 5.64. The van der Waals surface area contributed by atoms with Crippen molar-refractivity contribution >= 4 is 23.5 Å². The summed E-state index contributed by atoms with van der Waals surface area (Å²) in [5.41, 5.74) is 1.67. The van der Waals surface area contributed by atoms with Gasteiger partial charge in [0.1, 0.15) is 5.82 Å². The first-order chi connectivity index (χ1) is 13.6. The second-order valence-corrected chi connectivity index (χ2v) is 5.77. The Hall–Kier alpha value is -3.81. The van der Waals surface area contributed by atoms with Crippen LogP contribution in [0.4, 0.5) is 16.0 Å². The van der Waals surface area contributed by atoms with E-state index in [0.717, 1.165) is 5.56 Å². The zero-order valence-electron chi connectivity index (χ0n) is 15.0. The number of esters is 1. The number of amides is 1. The van der Waals surface area contributed by atoms with Crippen LogP contribution in [0.25, 0.3) is 0 Å². The fraction of sp³-hybridized carbons (Fsp3) is 0.100. The average molecular weight is 380 g/mol. The number of methoxy groups -OCH3 is 1. The first-order valence-electron chi connectivity index (χ1n) is 8.36. The number of carbonyl (C=O) groups excluding carboxylic acids is 2. The smallest absolute Gasteiger partial charge is 0.339 e. The first-order valence-corrected chi connectivity index (χ1v) is 8.36. The molecule has 0 atom stereocenters. The van der Waals surface area contributed by atoms with E-state index >= 15 is 0 Å². The molecule has 0 fully saturated rings. The van der Waals surface area contributed by atoms with E-state index in [0.29, 0.717) is 18.2 Å². The molecule has 1 amide bonds. The molecule has 142 valence electrons. The number of hydrogen-bond acceptors (Lipinski definition) is 6. The van der Waals surface area contributed by atoms with Gasteiger partial charge in [-0.05, 0) is 29.8 Å². The van der Waals surface area contributed by atoms with Crippen LogP contribution in [0.15, 0.2) is 60.9 Å². The molecule has 3 rings (SSSR count). The van der Waals surface area contributed by atoms with Crippen LogP contribution in [0.2, 0.25) is 0 Å². The number of para-hydroxylation sites is 1. The van der Waals surface area contributed by atoms with Crippen molar-refractivity contribution < 1.29 is 18.7 Å². The summed E-state index contributed by atoms with van der Waals surface area (Å²) in [4.78, 5) is 32.4. The standard InChI is InChI=1S/C20H17FN4O3/c1-28-19(27)16-4-2-3-5-17(16)25-18(26)14-11-23-20(24-12-14)22-10-13-6-8-15(21)9-7-13/h2-9,11-12H,10H2,1H3,(H,25,26)(H,22,23,24). The number of aromatic nitrogens is 2. The predicted molar refractivity (Wildman–Crippen MR) is 101 cm³/mol. The Morgan fingerprint density at radius 2 is 1.71 bits per heavy atom. The lowest BCUT2D eigenvalue weighted by Crippen LogP contribution is -2.16. The molecule has 2 aromatic carbocycles. The number of nitrogens with one attached hydrogen (secondary N) is 2. The highest BCUT2D eigenvalue weighted by Gasteiger charge is 2.14. The third-order valence-electron chi connectivity index (χ3n) is 3.86. The molecule has 0 aliphatic carbocycles. The van der Waals surface area contributed by atoms with Crippen molar-refractivity contribution in [3.63, 3.8) is 0 Å². The lowest BCUT2D eigenvalue weighted by molar-refractivity contribution is 0.0602. The Bertz CT molecular complexity index is 976. The van der Waals surface area contributed by atoms with Gasteiger partial charge in [-0.2, -0.15) is 0 Å². The van der Waals surface area contributed by atoms with Crippen LogP contribution in [0.5, 0.6) is 0 Å². The number of hydrogen-bond donors (Lipinski definition) is 2. The molecule has 2 N–H and O–H groups in total. The highest BCUT2D eigenvalue weighted by Crippen LogP contribution is 2.17. The maximum Gasteiger partial charge on any atom is 0.339 e. The molecule has 7 nitrogen and oxygen atoms in total. The van der Waals surface area contributed by atoms with Crippen LogP contribution < -0.4 is 10.6 Å². The van der Waals surface area contributed by atoms with Gasteiger partial charge in [0.05, 0.1) is 23.9 Å². The van der Waals surface area contributed by atoms with E-state index in [4.69, 9.17) is 4.74 Å². The Morgan fingerprint density at radius 3 is 2.39 bits per heavy atom. The number of rotatable bonds is 6. The number of benzene rings is 2. The van der Waals surface area contributed by atoms with Crippen LogP contribution in [0, 0.1) is 5.82 Å². The summed E-state index contributed by atoms with van der Waals surface area (Å²) in [6.07, 6.45) is 2.74. The summed E-state index contributed by atoms with van der Waals surface area (Å²) in [6, 6.07) is 12.6. The van der Waals surface area contributed by atoms with Gasteiger partial charge in [-0.15, -0.1) is 0 Å². The number of nitrogens with zero attached hydrogens (tertiary/aromatic N) is 2. The molecule has 0 aliphatic rings. The van der Waals surface area contributed by atoms with Crippen molar-refractivity contribution in [3.05, 3.63) is 83.4 Å². The summed E-state index contributed by atoms with van der Waals surface area (Å²) < 4.78 is 17.6. The molecule has 0 saturated carbocycles. The third kappa shape index (κ3) is 4.67. The highest BCUT2D eigenvalue weighted by molar-refractivity contribution is 6.07. The van der Waals surface area contributed by atoms with Gasteiger partial charge < -0.3 is 15.4 Å². The summed E-state index contributed by atoms with van der Waals surface area (Å²) in [6.45, 7) is 0.415. The number of carbonyl (C=O) groups is 2. The van der Waals surface area contributed by atoms with Crippen molar-refractivity contribution in [1.82, 2.24) is 9.97 Å². The van der Waals surface area contributed by atoms with Gasteiger partial charge in [0.15, 0.2) is 0 Å². The van der Waals surface area contributed by atoms with Gasteiger partial charge in [-0.25, -0.2) is 19.2 Å². The number of anilines is 2. The topological polar surface area (TPSA) is 93.2 Å². The monoisotopic (exact) mass is 380 g/mol. The minimum absolute atomic E-state index is 0.229. The molecule has 1 aromatic heterocycles. The van der Waals surface area contributed by atoms with Crippen molar-refractivity contribution in [2.24, 2.45) is 0 Å². The first kappa shape index (κ1) is 19.0. The van der Waals surface area contributed by atoms with Gasteiger partial charge in [0.25, 0.3) is 5.91 Å². The van der Waals surface area contributed by atoms with Crippen molar-refractivity contribution in [3.8, 4) is 0 Å². The van der Waals surface area contributed by atoms with Crippen molar-refractivity contribution in [1.29, 1.82) is 0 Å². The largest absolute Gasteiger partial charge is 0.465 e. The quantitative estimate of drug-likeness (QED) is 0.638. The molecular formula is C20H17FN4O3. The summed E-state index contributed by atoms with van der Waals surface area (Å²) in [5.74, 6) is -0.978. The minimum atomic E-state index is -0.549. The van der Waals surface area contributed by atoms with E-state index in [1.807, 2.05) is 0 Å². The Kier molecular flexibility index (Phi) is 5.91. The maximum atomic E-state index is 12.9. The second-order valence-electron chi connectivity index (χ2n) is 5.77.